The monoisotopic (exact) mass is 421 g/mol. The molecule has 1 aromatic heterocycles. The van der Waals surface area contributed by atoms with Crippen LogP contribution in [0.2, 0.25) is 0 Å². The van der Waals surface area contributed by atoms with E-state index in [9.17, 15) is 14.3 Å². The van der Waals surface area contributed by atoms with E-state index < -0.39 is 6.10 Å². The SMILES string of the molecule is CN1CC=Cc2c(Cc3ccc(F)cc3)cc3c(=O)n([C@H]4CCOC[C@@H]4O)cnc3c21. The van der Waals surface area contributed by atoms with Gasteiger partial charge in [0.15, 0.2) is 0 Å². The molecule has 0 bridgehead atoms. The van der Waals surface area contributed by atoms with E-state index in [0.717, 1.165) is 28.9 Å². The van der Waals surface area contributed by atoms with Gasteiger partial charge in [-0.3, -0.25) is 9.36 Å². The molecule has 0 spiro atoms. The summed E-state index contributed by atoms with van der Waals surface area (Å²) in [6, 6.07) is 7.98. The maximum atomic E-state index is 13.5. The highest BCUT2D eigenvalue weighted by Gasteiger charge is 2.28. The lowest BCUT2D eigenvalue weighted by atomic mass is 9.93. The number of halogens is 1. The van der Waals surface area contributed by atoms with Gasteiger partial charge in [-0.2, -0.15) is 0 Å². The number of benzene rings is 2. The van der Waals surface area contributed by atoms with Crippen molar-refractivity contribution in [3.05, 3.63) is 75.6 Å². The first-order chi connectivity index (χ1) is 15.0. The van der Waals surface area contributed by atoms with Crippen molar-refractivity contribution in [2.24, 2.45) is 0 Å². The van der Waals surface area contributed by atoms with Crippen LogP contribution in [0.4, 0.5) is 10.1 Å². The van der Waals surface area contributed by atoms with Crippen LogP contribution in [0.1, 0.15) is 29.2 Å². The van der Waals surface area contributed by atoms with Gasteiger partial charge in [-0.25, -0.2) is 9.37 Å². The van der Waals surface area contributed by atoms with Crippen molar-refractivity contribution in [3.63, 3.8) is 0 Å². The molecule has 2 aromatic carbocycles. The number of fused-ring (bicyclic) bond motifs is 3. The summed E-state index contributed by atoms with van der Waals surface area (Å²) in [5.74, 6) is -0.272. The zero-order valence-electron chi connectivity index (χ0n) is 17.3. The molecule has 2 atom stereocenters. The molecule has 0 aliphatic carbocycles. The van der Waals surface area contributed by atoms with Crippen LogP contribution < -0.4 is 10.5 Å². The van der Waals surface area contributed by atoms with Gasteiger partial charge in [-0.15, -0.1) is 0 Å². The van der Waals surface area contributed by atoms with Gasteiger partial charge >= 0.3 is 0 Å². The van der Waals surface area contributed by atoms with Crippen molar-refractivity contribution in [1.82, 2.24) is 9.55 Å². The zero-order chi connectivity index (χ0) is 21.5. The summed E-state index contributed by atoms with van der Waals surface area (Å²) in [6.07, 6.45) is 6.10. The summed E-state index contributed by atoms with van der Waals surface area (Å²) in [5, 5.41) is 10.9. The molecule has 160 valence electrons. The number of hydrogen-bond donors (Lipinski definition) is 1. The zero-order valence-corrected chi connectivity index (χ0v) is 17.3. The molecule has 0 saturated carbocycles. The second-order valence-corrected chi connectivity index (χ2v) is 8.24. The summed E-state index contributed by atoms with van der Waals surface area (Å²) in [7, 11) is 1.99. The molecule has 2 aliphatic rings. The van der Waals surface area contributed by atoms with E-state index in [1.54, 1.807) is 23.0 Å². The van der Waals surface area contributed by atoms with Gasteiger partial charge in [0.2, 0.25) is 0 Å². The predicted molar refractivity (Wildman–Crippen MR) is 118 cm³/mol. The van der Waals surface area contributed by atoms with Gasteiger partial charge in [0.1, 0.15) is 11.3 Å². The molecule has 3 aromatic rings. The first kappa shape index (κ1) is 19.9. The first-order valence-corrected chi connectivity index (χ1v) is 10.5. The normalized spacial score (nSPS) is 20.8. The van der Waals surface area contributed by atoms with E-state index in [-0.39, 0.29) is 24.0 Å². The number of anilines is 1. The maximum absolute atomic E-state index is 13.5. The number of ether oxygens (including phenoxy) is 1. The molecule has 1 saturated heterocycles. The molecule has 1 fully saturated rings. The Labute approximate surface area is 179 Å². The van der Waals surface area contributed by atoms with Crippen LogP contribution in [0, 0.1) is 5.82 Å². The highest BCUT2D eigenvalue weighted by molar-refractivity contribution is 5.97. The van der Waals surface area contributed by atoms with Crippen molar-refractivity contribution in [2.45, 2.75) is 25.0 Å². The summed E-state index contributed by atoms with van der Waals surface area (Å²) in [6.45, 7) is 1.44. The van der Waals surface area contributed by atoms with E-state index >= 15 is 0 Å². The molecule has 0 radical (unpaired) electrons. The Balaban J connectivity index is 1.69. The Morgan fingerprint density at radius 1 is 1.29 bits per heavy atom. The Morgan fingerprint density at radius 2 is 2.10 bits per heavy atom. The Bertz CT molecular complexity index is 1220. The summed E-state index contributed by atoms with van der Waals surface area (Å²) in [4.78, 5) is 20.3. The van der Waals surface area contributed by atoms with Crippen LogP contribution >= 0.6 is 0 Å². The Morgan fingerprint density at radius 3 is 2.87 bits per heavy atom. The lowest BCUT2D eigenvalue weighted by Crippen LogP contribution is -2.39. The van der Waals surface area contributed by atoms with Gasteiger partial charge in [0.25, 0.3) is 5.56 Å². The lowest BCUT2D eigenvalue weighted by molar-refractivity contribution is -0.0395. The molecule has 0 unspecified atom stereocenters. The van der Waals surface area contributed by atoms with Gasteiger partial charge in [0, 0.05) is 25.8 Å². The van der Waals surface area contributed by atoms with E-state index in [1.165, 1.54) is 12.1 Å². The second kappa shape index (κ2) is 7.90. The van der Waals surface area contributed by atoms with Crippen LogP contribution in [0.3, 0.4) is 0 Å². The summed E-state index contributed by atoms with van der Waals surface area (Å²) in [5.41, 5.74) is 4.40. The molecular weight excluding hydrogens is 397 g/mol. The number of aliphatic hydroxyl groups excluding tert-OH is 1. The highest BCUT2D eigenvalue weighted by Crippen LogP contribution is 2.35. The molecule has 0 amide bonds. The van der Waals surface area contributed by atoms with E-state index in [1.807, 2.05) is 13.1 Å². The number of aromatic nitrogens is 2. The molecule has 6 nitrogen and oxygen atoms in total. The highest BCUT2D eigenvalue weighted by atomic mass is 19.1. The third-order valence-corrected chi connectivity index (χ3v) is 6.18. The molecule has 2 aliphatic heterocycles. The minimum atomic E-state index is -0.743. The van der Waals surface area contributed by atoms with Gasteiger partial charge in [0.05, 0.1) is 36.2 Å². The lowest BCUT2D eigenvalue weighted by Gasteiger charge is -2.30. The number of hydrogen-bond acceptors (Lipinski definition) is 5. The van der Waals surface area contributed by atoms with Crippen LogP contribution in [0.5, 0.6) is 0 Å². The molecule has 31 heavy (non-hydrogen) atoms. The quantitative estimate of drug-likeness (QED) is 0.704. The summed E-state index contributed by atoms with van der Waals surface area (Å²) >= 11 is 0. The van der Waals surface area contributed by atoms with Crippen LogP contribution in [-0.2, 0) is 11.2 Å². The Hall–Kier alpha value is -3.03. The van der Waals surface area contributed by atoms with Crippen LogP contribution in [0.15, 0.2) is 47.5 Å². The molecular formula is C24H24FN3O3. The fourth-order valence-corrected chi connectivity index (χ4v) is 4.57. The fourth-order valence-electron chi connectivity index (χ4n) is 4.57. The number of nitrogens with zero attached hydrogens (tertiary/aromatic N) is 3. The van der Waals surface area contributed by atoms with Crippen molar-refractivity contribution < 1.29 is 14.2 Å². The van der Waals surface area contributed by atoms with E-state index in [0.29, 0.717) is 30.4 Å². The maximum Gasteiger partial charge on any atom is 0.261 e. The minimum absolute atomic E-state index is 0.165. The van der Waals surface area contributed by atoms with Crippen LogP contribution in [0.25, 0.3) is 17.0 Å². The van der Waals surface area contributed by atoms with Crippen LogP contribution in [-0.4, -0.2) is 47.6 Å². The largest absolute Gasteiger partial charge is 0.389 e. The van der Waals surface area contributed by atoms with Crippen molar-refractivity contribution >= 4 is 22.7 Å². The first-order valence-electron chi connectivity index (χ1n) is 10.5. The predicted octanol–water partition coefficient (Wildman–Crippen LogP) is 2.91. The molecule has 7 heteroatoms. The smallest absolute Gasteiger partial charge is 0.261 e. The number of rotatable bonds is 3. The Kier molecular flexibility index (Phi) is 5.08. The number of aliphatic hydroxyl groups is 1. The average Bonchev–Trinajstić information content (AvgIpc) is 2.77. The van der Waals surface area contributed by atoms with Crippen molar-refractivity contribution in [2.75, 3.05) is 31.7 Å². The standard InChI is InChI=1S/C24H24FN3O3/c1-27-9-2-3-18-16(11-15-4-6-17(25)7-5-15)12-19-22(23(18)27)26-14-28(24(19)30)20-8-10-31-13-21(20)29/h2-7,12,14,20-21,29H,8-11,13H2,1H3/t20-,21-/m0/s1. The minimum Gasteiger partial charge on any atom is -0.389 e. The van der Waals surface area contributed by atoms with E-state index in [2.05, 4.69) is 22.0 Å². The second-order valence-electron chi connectivity index (χ2n) is 8.24. The fraction of sp³-hybridized carbons (Fsp3) is 0.333. The molecule has 5 rings (SSSR count). The molecule has 3 heterocycles. The topological polar surface area (TPSA) is 67.6 Å². The third kappa shape index (κ3) is 3.54. The van der Waals surface area contributed by atoms with Crippen molar-refractivity contribution in [1.29, 1.82) is 0 Å². The average molecular weight is 421 g/mol. The van der Waals surface area contributed by atoms with Crippen molar-refractivity contribution in [3.8, 4) is 0 Å². The van der Waals surface area contributed by atoms with Gasteiger partial charge in [-0.05, 0) is 42.2 Å². The number of likely N-dealkylation sites (N-methyl/N-ethyl adjacent to an activating group) is 1. The summed E-state index contributed by atoms with van der Waals surface area (Å²) < 4.78 is 20.2. The van der Waals surface area contributed by atoms with Gasteiger partial charge in [-0.1, -0.05) is 24.3 Å². The van der Waals surface area contributed by atoms with E-state index in [4.69, 9.17) is 4.74 Å². The van der Waals surface area contributed by atoms with Gasteiger partial charge < -0.3 is 14.7 Å². The third-order valence-electron chi connectivity index (χ3n) is 6.18. The molecule has 1 N–H and O–H groups in total.